The molecule has 0 fully saturated rings. The molecule has 0 amide bonds. The van der Waals surface area contributed by atoms with Crippen LogP contribution in [0.5, 0.6) is 11.5 Å². The van der Waals surface area contributed by atoms with Crippen LogP contribution in [0.3, 0.4) is 0 Å². The van der Waals surface area contributed by atoms with Gasteiger partial charge in [-0.25, -0.2) is 4.79 Å². The molecule has 2 aliphatic rings. The molecular formula is C21H23NO4. The van der Waals surface area contributed by atoms with Gasteiger partial charge < -0.3 is 19.5 Å². The predicted octanol–water partition coefficient (Wildman–Crippen LogP) is 3.87. The Balaban J connectivity index is 1.93. The Morgan fingerprint density at radius 3 is 2.77 bits per heavy atom. The van der Waals surface area contributed by atoms with Crippen molar-refractivity contribution in [3.05, 3.63) is 53.1 Å². The number of ether oxygens (including phenoxy) is 2. The molecule has 0 unspecified atom stereocenters. The van der Waals surface area contributed by atoms with Gasteiger partial charge >= 0.3 is 5.97 Å². The number of hydrogen-bond donors (Lipinski definition) is 1. The van der Waals surface area contributed by atoms with Gasteiger partial charge in [0.25, 0.3) is 0 Å². The number of fused-ring (bicyclic) bond motifs is 4. The van der Waals surface area contributed by atoms with E-state index in [1.165, 1.54) is 0 Å². The monoisotopic (exact) mass is 353 g/mol. The van der Waals surface area contributed by atoms with Crippen LogP contribution in [0, 0.1) is 5.92 Å². The highest BCUT2D eigenvalue weighted by molar-refractivity contribution is 5.89. The van der Waals surface area contributed by atoms with Crippen molar-refractivity contribution in [1.82, 2.24) is 0 Å². The lowest BCUT2D eigenvalue weighted by Gasteiger charge is -2.52. The van der Waals surface area contributed by atoms with E-state index in [0.29, 0.717) is 12.2 Å². The van der Waals surface area contributed by atoms with Gasteiger partial charge in [0.05, 0.1) is 30.9 Å². The van der Waals surface area contributed by atoms with Crippen LogP contribution in [0.15, 0.2) is 36.4 Å². The fraction of sp³-hybridized carbons (Fsp3) is 0.381. The Hall–Kier alpha value is -2.69. The Morgan fingerprint density at radius 2 is 2.08 bits per heavy atom. The Kier molecular flexibility index (Phi) is 3.65. The van der Waals surface area contributed by atoms with Gasteiger partial charge in [-0.3, -0.25) is 0 Å². The lowest BCUT2D eigenvalue weighted by Crippen LogP contribution is -2.50. The summed E-state index contributed by atoms with van der Waals surface area (Å²) in [6, 6.07) is 11.4. The smallest absolute Gasteiger partial charge is 0.335 e. The maximum Gasteiger partial charge on any atom is 0.335 e. The van der Waals surface area contributed by atoms with E-state index in [1.807, 2.05) is 30.3 Å². The molecule has 5 nitrogen and oxygen atoms in total. The molecule has 0 saturated heterocycles. The molecule has 2 aromatic carbocycles. The maximum absolute atomic E-state index is 11.5. The molecule has 0 bridgehead atoms. The van der Waals surface area contributed by atoms with Crippen LogP contribution in [0.4, 0.5) is 5.69 Å². The minimum absolute atomic E-state index is 0.105. The lowest BCUT2D eigenvalue weighted by molar-refractivity contribution is 0.0696. The number of benzene rings is 2. The largest absolute Gasteiger partial charge is 0.496 e. The highest BCUT2D eigenvalue weighted by Crippen LogP contribution is 2.56. The Morgan fingerprint density at radius 1 is 1.31 bits per heavy atom. The molecule has 5 heteroatoms. The number of carbonyl (C=O) groups is 1. The first-order chi connectivity index (χ1) is 12.4. The Bertz CT molecular complexity index is 875. The van der Waals surface area contributed by atoms with E-state index >= 15 is 0 Å². The minimum atomic E-state index is -0.903. The molecule has 26 heavy (non-hydrogen) atoms. The number of aromatic carboxylic acids is 1. The number of nitrogens with zero attached hydrogens (tertiary/aromatic N) is 1. The molecule has 0 spiro atoms. The molecule has 0 aromatic heterocycles. The van der Waals surface area contributed by atoms with Crippen LogP contribution in [0.25, 0.3) is 0 Å². The highest BCUT2D eigenvalue weighted by atomic mass is 16.5. The van der Waals surface area contributed by atoms with Crippen LogP contribution in [0.2, 0.25) is 0 Å². The number of carboxylic acids is 1. The molecule has 2 atom stereocenters. The van der Waals surface area contributed by atoms with E-state index in [2.05, 4.69) is 25.8 Å². The molecule has 1 N–H and O–H groups in total. The molecule has 2 aromatic rings. The third kappa shape index (κ3) is 2.19. The second-order valence-corrected chi connectivity index (χ2v) is 7.60. The van der Waals surface area contributed by atoms with Crippen molar-refractivity contribution in [1.29, 1.82) is 0 Å². The maximum atomic E-state index is 11.5. The van der Waals surface area contributed by atoms with Crippen molar-refractivity contribution in [2.24, 2.45) is 5.92 Å². The van der Waals surface area contributed by atoms with E-state index in [4.69, 9.17) is 9.47 Å². The van der Waals surface area contributed by atoms with Gasteiger partial charge in [0.15, 0.2) is 0 Å². The third-order valence-electron chi connectivity index (χ3n) is 6.00. The van der Waals surface area contributed by atoms with Crippen LogP contribution < -0.4 is 14.4 Å². The molecular weight excluding hydrogens is 330 g/mol. The van der Waals surface area contributed by atoms with Crippen LogP contribution in [0.1, 0.15) is 41.4 Å². The normalized spacial score (nSPS) is 22.5. The number of carboxylic acid groups (broad SMARTS) is 1. The second kappa shape index (κ2) is 5.66. The number of rotatable bonds is 2. The summed E-state index contributed by atoms with van der Waals surface area (Å²) in [5.41, 5.74) is 3.24. The first-order valence-electron chi connectivity index (χ1n) is 8.76. The summed E-state index contributed by atoms with van der Waals surface area (Å²) in [5.74, 6) is 0.956. The van der Waals surface area contributed by atoms with Crippen molar-refractivity contribution >= 4 is 11.7 Å². The van der Waals surface area contributed by atoms with Crippen molar-refractivity contribution in [3.63, 3.8) is 0 Å². The molecule has 4 rings (SSSR count). The molecule has 0 saturated carbocycles. The van der Waals surface area contributed by atoms with E-state index < -0.39 is 5.97 Å². The van der Waals surface area contributed by atoms with Gasteiger partial charge in [-0.1, -0.05) is 19.9 Å². The van der Waals surface area contributed by atoms with E-state index in [9.17, 15) is 9.90 Å². The quantitative estimate of drug-likeness (QED) is 0.888. The molecule has 2 aliphatic heterocycles. The summed E-state index contributed by atoms with van der Waals surface area (Å²) in [4.78, 5) is 13.7. The third-order valence-corrected chi connectivity index (χ3v) is 6.00. The van der Waals surface area contributed by atoms with Gasteiger partial charge in [0, 0.05) is 24.1 Å². The topological polar surface area (TPSA) is 59.0 Å². The van der Waals surface area contributed by atoms with Crippen LogP contribution in [-0.2, 0) is 5.41 Å². The summed E-state index contributed by atoms with van der Waals surface area (Å²) < 4.78 is 11.7. The van der Waals surface area contributed by atoms with Crippen molar-refractivity contribution in [3.8, 4) is 11.5 Å². The zero-order valence-electron chi connectivity index (χ0n) is 15.4. The first-order valence-corrected chi connectivity index (χ1v) is 8.76. The van der Waals surface area contributed by atoms with Gasteiger partial charge in [-0.2, -0.15) is 0 Å². The first kappa shape index (κ1) is 16.8. The standard InChI is InChI=1S/C21H23NO4/c1-21(2)13-10-12(20(23)24)8-9-15(13)22(3)19-14(21)11-26-17-7-5-6-16(25-4)18(17)19/h5-10,14,19H,11H2,1-4H3,(H,23,24)/t14-,19-/m0/s1. The average molecular weight is 353 g/mol. The summed E-state index contributed by atoms with van der Waals surface area (Å²) in [5, 5.41) is 9.40. The molecule has 0 aliphatic carbocycles. The number of anilines is 1. The van der Waals surface area contributed by atoms with Gasteiger partial charge in [-0.05, 0) is 35.9 Å². The van der Waals surface area contributed by atoms with Crippen LogP contribution in [-0.4, -0.2) is 31.8 Å². The van der Waals surface area contributed by atoms with Gasteiger partial charge in [-0.15, -0.1) is 0 Å². The summed E-state index contributed by atoms with van der Waals surface area (Å²) in [6.45, 7) is 4.93. The molecule has 0 radical (unpaired) electrons. The summed E-state index contributed by atoms with van der Waals surface area (Å²) >= 11 is 0. The minimum Gasteiger partial charge on any atom is -0.496 e. The number of methoxy groups -OCH3 is 1. The summed E-state index contributed by atoms with van der Waals surface area (Å²) in [7, 11) is 3.74. The average Bonchev–Trinajstić information content (AvgIpc) is 2.64. The van der Waals surface area contributed by atoms with Crippen molar-refractivity contribution in [2.75, 3.05) is 25.7 Å². The zero-order chi connectivity index (χ0) is 18.6. The Labute approximate surface area is 153 Å². The number of hydrogen-bond acceptors (Lipinski definition) is 4. The van der Waals surface area contributed by atoms with Gasteiger partial charge in [0.1, 0.15) is 11.5 Å². The zero-order valence-corrected chi connectivity index (χ0v) is 15.4. The second-order valence-electron chi connectivity index (χ2n) is 7.60. The van der Waals surface area contributed by atoms with Crippen molar-refractivity contribution in [2.45, 2.75) is 25.3 Å². The van der Waals surface area contributed by atoms with E-state index in [-0.39, 0.29) is 17.4 Å². The molecule has 2 heterocycles. The predicted molar refractivity (Wildman–Crippen MR) is 99.6 cm³/mol. The van der Waals surface area contributed by atoms with Crippen molar-refractivity contribution < 1.29 is 19.4 Å². The van der Waals surface area contributed by atoms with Crippen LogP contribution >= 0.6 is 0 Å². The fourth-order valence-corrected chi connectivity index (χ4v) is 4.50. The fourth-order valence-electron chi connectivity index (χ4n) is 4.50. The highest BCUT2D eigenvalue weighted by Gasteiger charge is 2.49. The van der Waals surface area contributed by atoms with E-state index in [1.54, 1.807) is 13.2 Å². The SMILES string of the molecule is COc1cccc2c1[C@@H]1[C@H](CO2)C(C)(C)c2cc(C(=O)O)ccc2N1C. The lowest BCUT2D eigenvalue weighted by atomic mass is 9.64. The van der Waals surface area contributed by atoms with E-state index in [0.717, 1.165) is 28.3 Å². The van der Waals surface area contributed by atoms with Gasteiger partial charge in [0.2, 0.25) is 0 Å². The summed E-state index contributed by atoms with van der Waals surface area (Å²) in [6.07, 6.45) is 0. The molecule has 136 valence electrons.